The second-order valence-corrected chi connectivity index (χ2v) is 9.95. The molecule has 0 unspecified atom stereocenters. The SMILES string of the molecule is O=C(O)c1ccc2c(c1)[C@@H]1[C@H]3CC[C@@H](C3)[C@@H]1[C@@H](c1ccc(OCc3ccc([N+](=O)[O-])cc3)cc1)N2. The molecule has 2 bridgehead atoms. The fraction of sp³-hybridized carbons (Fsp3) is 0.321. The summed E-state index contributed by atoms with van der Waals surface area (Å²) in [4.78, 5) is 22.0. The maximum atomic E-state index is 11.6. The number of nitrogens with zero attached hydrogens (tertiary/aromatic N) is 1. The number of anilines is 1. The van der Waals surface area contributed by atoms with Crippen LogP contribution in [0, 0.1) is 27.9 Å². The van der Waals surface area contributed by atoms with Gasteiger partial charge in [-0.05, 0) is 102 Å². The van der Waals surface area contributed by atoms with Crippen molar-refractivity contribution in [2.24, 2.45) is 17.8 Å². The molecule has 2 saturated carbocycles. The summed E-state index contributed by atoms with van der Waals surface area (Å²) in [6, 6.07) is 20.3. The summed E-state index contributed by atoms with van der Waals surface area (Å²) >= 11 is 0. The van der Waals surface area contributed by atoms with Crippen LogP contribution in [-0.2, 0) is 6.61 Å². The number of carboxylic acids is 1. The normalized spacial score (nSPS) is 25.9. The number of nitrogens with one attached hydrogen (secondary N) is 1. The zero-order chi connectivity index (χ0) is 24.1. The van der Waals surface area contributed by atoms with Crippen molar-refractivity contribution in [3.8, 4) is 5.75 Å². The van der Waals surface area contributed by atoms with Crippen molar-refractivity contribution in [1.82, 2.24) is 0 Å². The van der Waals surface area contributed by atoms with Gasteiger partial charge >= 0.3 is 5.97 Å². The van der Waals surface area contributed by atoms with Gasteiger partial charge in [-0.15, -0.1) is 0 Å². The van der Waals surface area contributed by atoms with E-state index in [-0.39, 0.29) is 11.7 Å². The van der Waals surface area contributed by atoms with Gasteiger partial charge in [-0.3, -0.25) is 10.1 Å². The summed E-state index contributed by atoms with van der Waals surface area (Å²) in [5.41, 5.74) is 4.73. The first kappa shape index (κ1) is 21.6. The number of ether oxygens (including phenoxy) is 1. The van der Waals surface area contributed by atoms with Crippen molar-refractivity contribution < 1.29 is 19.6 Å². The Morgan fingerprint density at radius 1 is 1.03 bits per heavy atom. The van der Waals surface area contributed by atoms with Crippen LogP contribution in [0.15, 0.2) is 66.7 Å². The number of nitro groups is 1. The predicted molar refractivity (Wildman–Crippen MR) is 131 cm³/mol. The van der Waals surface area contributed by atoms with E-state index in [2.05, 4.69) is 17.4 Å². The van der Waals surface area contributed by atoms with Gasteiger partial charge in [0.05, 0.1) is 16.5 Å². The molecule has 1 heterocycles. The Kier molecular flexibility index (Phi) is 5.20. The average molecular weight is 471 g/mol. The number of hydrogen-bond acceptors (Lipinski definition) is 5. The molecular formula is C28H26N2O5. The zero-order valence-electron chi connectivity index (χ0n) is 19.1. The van der Waals surface area contributed by atoms with Crippen LogP contribution in [0.1, 0.15) is 58.3 Å². The highest BCUT2D eigenvalue weighted by Gasteiger charge is 2.53. The second-order valence-electron chi connectivity index (χ2n) is 9.95. The van der Waals surface area contributed by atoms with E-state index in [1.54, 1.807) is 18.2 Å². The molecule has 178 valence electrons. The van der Waals surface area contributed by atoms with Crippen LogP contribution in [0.25, 0.3) is 0 Å². The third-order valence-corrected chi connectivity index (χ3v) is 8.13. The molecule has 0 spiro atoms. The van der Waals surface area contributed by atoms with Crippen molar-refractivity contribution in [3.05, 3.63) is 99.1 Å². The summed E-state index contributed by atoms with van der Waals surface area (Å²) in [6.07, 6.45) is 3.69. The Morgan fingerprint density at radius 3 is 2.49 bits per heavy atom. The molecule has 2 N–H and O–H groups in total. The molecule has 0 radical (unpaired) electrons. The lowest BCUT2D eigenvalue weighted by Gasteiger charge is -2.43. The molecule has 5 atom stereocenters. The Balaban J connectivity index is 1.22. The molecule has 6 rings (SSSR count). The van der Waals surface area contributed by atoms with Gasteiger partial charge < -0.3 is 15.2 Å². The van der Waals surface area contributed by atoms with Gasteiger partial charge in [-0.1, -0.05) is 12.1 Å². The van der Waals surface area contributed by atoms with Crippen molar-refractivity contribution >= 4 is 17.3 Å². The highest BCUT2D eigenvalue weighted by atomic mass is 16.6. The van der Waals surface area contributed by atoms with Gasteiger partial charge in [0.15, 0.2) is 0 Å². The first-order valence-electron chi connectivity index (χ1n) is 12.1. The maximum Gasteiger partial charge on any atom is 0.335 e. The smallest absolute Gasteiger partial charge is 0.335 e. The molecule has 7 heteroatoms. The number of aromatic carboxylic acids is 1. The van der Waals surface area contributed by atoms with Gasteiger partial charge in [0.2, 0.25) is 0 Å². The Morgan fingerprint density at radius 2 is 1.77 bits per heavy atom. The van der Waals surface area contributed by atoms with Gasteiger partial charge in [-0.25, -0.2) is 4.79 Å². The molecular weight excluding hydrogens is 444 g/mol. The molecule has 0 aromatic heterocycles. The minimum absolute atomic E-state index is 0.0674. The molecule has 0 amide bonds. The molecule has 2 fully saturated rings. The summed E-state index contributed by atoms with van der Waals surface area (Å²) in [7, 11) is 0. The monoisotopic (exact) mass is 470 g/mol. The topological polar surface area (TPSA) is 102 Å². The Bertz CT molecular complexity index is 1290. The maximum absolute atomic E-state index is 11.6. The standard InChI is InChI=1S/C28H26N2O5/c31-28(32)20-7-12-24-23(14-20)25-18-3-4-19(13-18)26(25)27(29-24)17-5-10-22(11-6-17)35-15-16-1-8-21(9-2-16)30(33)34/h1-2,5-12,14,18-19,25-27,29H,3-4,13,15H2,(H,31,32)/t18-,19-,25-,26-,27+/m0/s1. The minimum Gasteiger partial charge on any atom is -0.489 e. The summed E-state index contributed by atoms with van der Waals surface area (Å²) in [5.74, 6) is 2.01. The predicted octanol–water partition coefficient (Wildman–Crippen LogP) is 6.17. The van der Waals surface area contributed by atoms with Gasteiger partial charge in [0, 0.05) is 17.8 Å². The highest BCUT2D eigenvalue weighted by Crippen LogP contribution is 2.63. The molecule has 3 aromatic carbocycles. The Labute approximate surface area is 202 Å². The molecule has 0 saturated heterocycles. The van der Waals surface area contributed by atoms with Gasteiger partial charge in [0.1, 0.15) is 12.4 Å². The summed E-state index contributed by atoms with van der Waals surface area (Å²) in [6.45, 7) is 0.340. The van der Waals surface area contributed by atoms with Crippen molar-refractivity contribution in [1.29, 1.82) is 0 Å². The van der Waals surface area contributed by atoms with E-state index in [1.807, 2.05) is 24.3 Å². The number of rotatable bonds is 6. The second kappa shape index (κ2) is 8.41. The lowest BCUT2D eigenvalue weighted by Crippen LogP contribution is -2.35. The number of benzene rings is 3. The number of carbonyl (C=O) groups is 1. The zero-order valence-corrected chi connectivity index (χ0v) is 19.1. The van der Waals surface area contributed by atoms with Crippen LogP contribution in [0.2, 0.25) is 0 Å². The number of carboxylic acid groups (broad SMARTS) is 1. The summed E-state index contributed by atoms with van der Waals surface area (Å²) in [5, 5.41) is 24.1. The van der Waals surface area contributed by atoms with E-state index >= 15 is 0 Å². The number of nitro benzene ring substituents is 1. The number of fused-ring (bicyclic) bond motifs is 7. The van der Waals surface area contributed by atoms with E-state index in [0.29, 0.717) is 35.8 Å². The number of hydrogen-bond donors (Lipinski definition) is 2. The largest absolute Gasteiger partial charge is 0.489 e. The molecule has 35 heavy (non-hydrogen) atoms. The lowest BCUT2D eigenvalue weighted by molar-refractivity contribution is -0.384. The molecule has 7 nitrogen and oxygen atoms in total. The van der Waals surface area contributed by atoms with E-state index in [9.17, 15) is 20.0 Å². The van der Waals surface area contributed by atoms with Gasteiger partial charge in [-0.2, -0.15) is 0 Å². The lowest BCUT2D eigenvalue weighted by atomic mass is 9.68. The summed E-state index contributed by atoms with van der Waals surface area (Å²) < 4.78 is 5.92. The van der Waals surface area contributed by atoms with Crippen molar-refractivity contribution in [3.63, 3.8) is 0 Å². The highest BCUT2D eigenvalue weighted by molar-refractivity contribution is 5.88. The van der Waals surface area contributed by atoms with E-state index < -0.39 is 10.9 Å². The fourth-order valence-corrected chi connectivity index (χ4v) is 6.60. The number of non-ortho nitro benzene ring substituents is 1. The third-order valence-electron chi connectivity index (χ3n) is 8.13. The first-order chi connectivity index (χ1) is 17.0. The van der Waals surface area contributed by atoms with Gasteiger partial charge in [0.25, 0.3) is 5.69 Å². The molecule has 1 aliphatic heterocycles. The van der Waals surface area contributed by atoms with E-state index in [1.165, 1.54) is 42.5 Å². The van der Waals surface area contributed by atoms with E-state index in [0.717, 1.165) is 17.0 Å². The van der Waals surface area contributed by atoms with Crippen LogP contribution >= 0.6 is 0 Å². The minimum atomic E-state index is -0.876. The first-order valence-corrected chi connectivity index (χ1v) is 12.1. The fourth-order valence-electron chi connectivity index (χ4n) is 6.60. The quantitative estimate of drug-likeness (QED) is 0.330. The molecule has 2 aliphatic carbocycles. The van der Waals surface area contributed by atoms with Crippen molar-refractivity contribution in [2.75, 3.05) is 5.32 Å². The van der Waals surface area contributed by atoms with Crippen LogP contribution in [0.5, 0.6) is 5.75 Å². The van der Waals surface area contributed by atoms with Crippen molar-refractivity contribution in [2.45, 2.75) is 37.8 Å². The van der Waals surface area contributed by atoms with E-state index in [4.69, 9.17) is 4.74 Å². The average Bonchev–Trinajstić information content (AvgIpc) is 3.50. The third kappa shape index (κ3) is 3.81. The molecule has 3 aliphatic rings. The van der Waals surface area contributed by atoms with Crippen LogP contribution in [0.4, 0.5) is 11.4 Å². The van der Waals surface area contributed by atoms with Crippen LogP contribution < -0.4 is 10.1 Å². The molecule has 3 aromatic rings. The Hall–Kier alpha value is -3.87. The van der Waals surface area contributed by atoms with Crippen LogP contribution in [0.3, 0.4) is 0 Å². The van der Waals surface area contributed by atoms with Crippen LogP contribution in [-0.4, -0.2) is 16.0 Å².